The van der Waals surface area contributed by atoms with Crippen LogP contribution < -0.4 is 10.6 Å². The Morgan fingerprint density at radius 3 is 2.50 bits per heavy atom. The number of anilines is 1. The van der Waals surface area contributed by atoms with Gasteiger partial charge in [-0.15, -0.1) is 0 Å². The lowest BCUT2D eigenvalue weighted by molar-refractivity contribution is 0.0698. The normalized spacial score (nSPS) is 10.0. The average molecular weight is 298 g/mol. The second kappa shape index (κ2) is 7.26. The summed E-state index contributed by atoms with van der Waals surface area (Å²) in [6, 6.07) is 14.3. The van der Waals surface area contributed by atoms with Crippen LogP contribution in [0.3, 0.4) is 0 Å². The third-order valence-corrected chi connectivity index (χ3v) is 3.20. The molecule has 2 aromatic rings. The van der Waals surface area contributed by atoms with E-state index in [0.29, 0.717) is 13.0 Å². The molecule has 0 saturated heterocycles. The molecule has 0 radical (unpaired) electrons. The molecule has 0 spiro atoms. The van der Waals surface area contributed by atoms with Crippen molar-refractivity contribution in [2.45, 2.75) is 13.3 Å². The third-order valence-electron chi connectivity index (χ3n) is 3.20. The number of rotatable bonds is 5. The Balaban J connectivity index is 1.91. The van der Waals surface area contributed by atoms with Crippen LogP contribution in [0.2, 0.25) is 0 Å². The quantitative estimate of drug-likeness (QED) is 0.794. The Hall–Kier alpha value is -2.82. The minimum atomic E-state index is -1.07. The van der Waals surface area contributed by atoms with Crippen LogP contribution in [-0.2, 0) is 6.42 Å². The molecule has 5 nitrogen and oxygen atoms in total. The number of carboxylic acids is 1. The Bertz CT molecular complexity index is 669. The molecule has 0 atom stereocenters. The molecule has 0 aliphatic rings. The zero-order chi connectivity index (χ0) is 15.9. The summed E-state index contributed by atoms with van der Waals surface area (Å²) in [5, 5.41) is 14.4. The topological polar surface area (TPSA) is 78.4 Å². The molecular weight excluding hydrogens is 280 g/mol. The predicted octanol–water partition coefficient (Wildman–Crippen LogP) is 3.06. The summed E-state index contributed by atoms with van der Waals surface area (Å²) in [5.74, 6) is -1.07. The van der Waals surface area contributed by atoms with E-state index in [0.717, 1.165) is 11.1 Å². The average Bonchev–Trinajstić information content (AvgIpc) is 2.50. The second-order valence-electron chi connectivity index (χ2n) is 4.97. The molecule has 2 rings (SSSR count). The third kappa shape index (κ3) is 4.34. The summed E-state index contributed by atoms with van der Waals surface area (Å²) in [5.41, 5.74) is 2.32. The second-order valence-corrected chi connectivity index (χ2v) is 4.97. The summed E-state index contributed by atoms with van der Waals surface area (Å²) in [6.07, 6.45) is 0.716. The van der Waals surface area contributed by atoms with Crippen LogP contribution in [0.5, 0.6) is 0 Å². The van der Waals surface area contributed by atoms with Gasteiger partial charge in [0.2, 0.25) is 0 Å². The van der Waals surface area contributed by atoms with Crippen LogP contribution in [0, 0.1) is 6.92 Å². The number of aryl methyl sites for hydroxylation is 1. The SMILES string of the molecule is Cc1ccc(NC(=O)NCCc2ccccc2)c(C(=O)O)c1. The molecule has 0 fully saturated rings. The lowest BCUT2D eigenvalue weighted by Crippen LogP contribution is -2.31. The van der Waals surface area contributed by atoms with Crippen molar-refractivity contribution in [2.24, 2.45) is 0 Å². The minimum Gasteiger partial charge on any atom is -0.478 e. The van der Waals surface area contributed by atoms with Crippen LogP contribution in [-0.4, -0.2) is 23.7 Å². The maximum absolute atomic E-state index is 11.8. The maximum atomic E-state index is 11.8. The molecule has 2 amide bonds. The van der Waals surface area contributed by atoms with E-state index in [-0.39, 0.29) is 11.3 Å². The number of nitrogens with one attached hydrogen (secondary N) is 2. The van der Waals surface area contributed by atoms with Crippen molar-refractivity contribution in [1.29, 1.82) is 0 Å². The molecule has 0 aromatic heterocycles. The molecule has 2 aromatic carbocycles. The van der Waals surface area contributed by atoms with Gasteiger partial charge in [0.1, 0.15) is 0 Å². The highest BCUT2D eigenvalue weighted by Crippen LogP contribution is 2.17. The van der Waals surface area contributed by atoms with Crippen LogP contribution in [0.1, 0.15) is 21.5 Å². The van der Waals surface area contributed by atoms with E-state index in [4.69, 9.17) is 5.11 Å². The predicted molar refractivity (Wildman–Crippen MR) is 85.3 cm³/mol. The fraction of sp³-hybridized carbons (Fsp3) is 0.176. The van der Waals surface area contributed by atoms with Gasteiger partial charge in [-0.05, 0) is 31.0 Å². The van der Waals surface area contributed by atoms with Gasteiger partial charge in [0.05, 0.1) is 11.3 Å². The van der Waals surface area contributed by atoms with Gasteiger partial charge < -0.3 is 15.7 Å². The highest BCUT2D eigenvalue weighted by Gasteiger charge is 2.12. The highest BCUT2D eigenvalue weighted by molar-refractivity contribution is 6.00. The number of hydrogen-bond donors (Lipinski definition) is 3. The lowest BCUT2D eigenvalue weighted by Gasteiger charge is -2.10. The van der Waals surface area contributed by atoms with E-state index < -0.39 is 12.0 Å². The van der Waals surface area contributed by atoms with E-state index in [9.17, 15) is 9.59 Å². The van der Waals surface area contributed by atoms with Crippen molar-refractivity contribution in [2.75, 3.05) is 11.9 Å². The molecule has 0 heterocycles. The number of carbonyl (C=O) groups is 2. The van der Waals surface area contributed by atoms with Gasteiger partial charge in [0.25, 0.3) is 0 Å². The first-order chi connectivity index (χ1) is 10.6. The molecule has 0 unspecified atom stereocenters. The first-order valence-electron chi connectivity index (χ1n) is 6.99. The van der Waals surface area contributed by atoms with Crippen molar-refractivity contribution in [1.82, 2.24) is 5.32 Å². The number of aromatic carboxylic acids is 1. The Morgan fingerprint density at radius 1 is 1.09 bits per heavy atom. The Kier molecular flexibility index (Phi) is 5.14. The number of urea groups is 1. The van der Waals surface area contributed by atoms with Crippen LogP contribution in [0.25, 0.3) is 0 Å². The van der Waals surface area contributed by atoms with Crippen LogP contribution >= 0.6 is 0 Å². The van der Waals surface area contributed by atoms with Gasteiger partial charge in [0, 0.05) is 6.54 Å². The zero-order valence-electron chi connectivity index (χ0n) is 12.3. The number of carbonyl (C=O) groups excluding carboxylic acids is 1. The summed E-state index contributed by atoms with van der Waals surface area (Å²) in [7, 11) is 0. The minimum absolute atomic E-state index is 0.0817. The Morgan fingerprint density at radius 2 is 1.82 bits per heavy atom. The summed E-state index contributed by atoms with van der Waals surface area (Å²) < 4.78 is 0. The van der Waals surface area contributed by atoms with E-state index >= 15 is 0 Å². The maximum Gasteiger partial charge on any atom is 0.337 e. The van der Waals surface area contributed by atoms with Gasteiger partial charge >= 0.3 is 12.0 Å². The fourth-order valence-corrected chi connectivity index (χ4v) is 2.08. The molecule has 5 heteroatoms. The number of amides is 2. The first kappa shape index (κ1) is 15.6. The van der Waals surface area contributed by atoms with Crippen molar-refractivity contribution in [3.05, 3.63) is 65.2 Å². The molecule has 3 N–H and O–H groups in total. The molecular formula is C17H18N2O3. The van der Waals surface area contributed by atoms with Crippen molar-refractivity contribution in [3.8, 4) is 0 Å². The van der Waals surface area contributed by atoms with Gasteiger partial charge in [-0.3, -0.25) is 0 Å². The fourth-order valence-electron chi connectivity index (χ4n) is 2.08. The lowest BCUT2D eigenvalue weighted by atomic mass is 10.1. The van der Waals surface area contributed by atoms with E-state index in [2.05, 4.69) is 10.6 Å². The molecule has 0 saturated carbocycles. The van der Waals surface area contributed by atoms with Crippen molar-refractivity contribution in [3.63, 3.8) is 0 Å². The summed E-state index contributed by atoms with van der Waals surface area (Å²) in [4.78, 5) is 23.0. The van der Waals surface area contributed by atoms with E-state index in [1.165, 1.54) is 6.07 Å². The monoisotopic (exact) mass is 298 g/mol. The van der Waals surface area contributed by atoms with Crippen LogP contribution in [0.15, 0.2) is 48.5 Å². The van der Waals surface area contributed by atoms with Crippen LogP contribution in [0.4, 0.5) is 10.5 Å². The van der Waals surface area contributed by atoms with Gasteiger partial charge in [-0.25, -0.2) is 9.59 Å². The van der Waals surface area contributed by atoms with Gasteiger partial charge in [0.15, 0.2) is 0 Å². The molecule has 114 valence electrons. The largest absolute Gasteiger partial charge is 0.478 e. The number of benzene rings is 2. The first-order valence-corrected chi connectivity index (χ1v) is 6.99. The number of hydrogen-bond acceptors (Lipinski definition) is 2. The van der Waals surface area contributed by atoms with E-state index in [1.54, 1.807) is 19.1 Å². The molecule has 0 aliphatic heterocycles. The molecule has 22 heavy (non-hydrogen) atoms. The van der Waals surface area contributed by atoms with E-state index in [1.807, 2.05) is 30.3 Å². The smallest absolute Gasteiger partial charge is 0.337 e. The van der Waals surface area contributed by atoms with Crippen molar-refractivity contribution >= 4 is 17.7 Å². The van der Waals surface area contributed by atoms with Crippen molar-refractivity contribution < 1.29 is 14.7 Å². The van der Waals surface area contributed by atoms with Gasteiger partial charge in [-0.1, -0.05) is 42.0 Å². The summed E-state index contributed by atoms with van der Waals surface area (Å²) in [6.45, 7) is 2.28. The standard InChI is InChI=1S/C17H18N2O3/c1-12-7-8-15(14(11-12)16(20)21)19-17(22)18-10-9-13-5-3-2-4-6-13/h2-8,11H,9-10H2,1H3,(H,20,21)(H2,18,19,22). The van der Waals surface area contributed by atoms with Gasteiger partial charge in [-0.2, -0.15) is 0 Å². The molecule has 0 aliphatic carbocycles. The Labute approximate surface area is 129 Å². The summed E-state index contributed by atoms with van der Waals surface area (Å²) >= 11 is 0. The number of carboxylic acid groups (broad SMARTS) is 1. The highest BCUT2D eigenvalue weighted by atomic mass is 16.4. The zero-order valence-corrected chi connectivity index (χ0v) is 12.3. The molecule has 0 bridgehead atoms.